The second kappa shape index (κ2) is 10.4. The van der Waals surface area contributed by atoms with Crippen molar-refractivity contribution in [3.05, 3.63) is 70.7 Å². The molecule has 0 saturated heterocycles. The van der Waals surface area contributed by atoms with Crippen molar-refractivity contribution >= 4 is 35.7 Å². The van der Waals surface area contributed by atoms with Gasteiger partial charge in [0.25, 0.3) is 0 Å². The molecule has 0 radical (unpaired) electrons. The van der Waals surface area contributed by atoms with Gasteiger partial charge in [0.15, 0.2) is 0 Å². The van der Waals surface area contributed by atoms with Crippen LogP contribution in [0.15, 0.2) is 59.7 Å². The largest absolute Gasteiger partial charge is 0.350 e. The van der Waals surface area contributed by atoms with Gasteiger partial charge in [-0.1, -0.05) is 60.1 Å². The quantitative estimate of drug-likeness (QED) is 0.402. The first kappa shape index (κ1) is 20.5. The molecule has 1 heterocycles. The number of anilines is 3. The van der Waals surface area contributed by atoms with Crippen molar-refractivity contribution < 1.29 is 0 Å². The Bertz CT molecular complexity index is 943. The molecule has 29 heavy (non-hydrogen) atoms. The van der Waals surface area contributed by atoms with E-state index in [1.165, 1.54) is 0 Å². The Morgan fingerprint density at radius 1 is 0.931 bits per heavy atom. The van der Waals surface area contributed by atoms with Crippen molar-refractivity contribution in [1.82, 2.24) is 15.0 Å². The van der Waals surface area contributed by atoms with Gasteiger partial charge in [-0.15, -0.1) is 0 Å². The van der Waals surface area contributed by atoms with E-state index in [2.05, 4.69) is 49.5 Å². The molecule has 8 heteroatoms. The molecule has 2 N–H and O–H groups in total. The lowest BCUT2D eigenvalue weighted by Crippen LogP contribution is -2.25. The van der Waals surface area contributed by atoms with E-state index in [-0.39, 0.29) is 0 Å². The highest BCUT2D eigenvalue weighted by Crippen LogP contribution is 2.15. The number of rotatable bonds is 9. The van der Waals surface area contributed by atoms with Gasteiger partial charge in [0.2, 0.25) is 17.8 Å². The van der Waals surface area contributed by atoms with Crippen molar-refractivity contribution in [2.75, 3.05) is 28.7 Å². The summed E-state index contributed by atoms with van der Waals surface area (Å²) in [6.45, 7) is 6.33. The average molecular weight is 410 g/mol. The summed E-state index contributed by atoms with van der Waals surface area (Å²) in [7, 11) is 0. The van der Waals surface area contributed by atoms with Gasteiger partial charge in [0.05, 0.1) is 6.21 Å². The number of nitrogens with one attached hydrogen (secondary N) is 2. The van der Waals surface area contributed by atoms with Crippen LogP contribution in [-0.2, 0) is 6.54 Å². The van der Waals surface area contributed by atoms with Crippen molar-refractivity contribution in [3.8, 4) is 0 Å². The number of hydrogen-bond donors (Lipinski definition) is 2. The van der Waals surface area contributed by atoms with Crippen LogP contribution in [0.4, 0.5) is 17.8 Å². The summed E-state index contributed by atoms with van der Waals surface area (Å²) in [6, 6.07) is 17.6. The van der Waals surface area contributed by atoms with Gasteiger partial charge in [-0.05, 0) is 25.5 Å². The zero-order chi connectivity index (χ0) is 20.5. The molecule has 0 bridgehead atoms. The number of aromatic nitrogens is 3. The molecular weight excluding hydrogens is 386 g/mol. The summed E-state index contributed by atoms with van der Waals surface area (Å²) < 4.78 is 0. The maximum Gasteiger partial charge on any atom is 0.250 e. The van der Waals surface area contributed by atoms with Crippen LogP contribution in [0.1, 0.15) is 25.0 Å². The van der Waals surface area contributed by atoms with Crippen molar-refractivity contribution in [2.45, 2.75) is 20.4 Å². The molecule has 3 rings (SSSR count). The summed E-state index contributed by atoms with van der Waals surface area (Å²) in [5.41, 5.74) is 4.83. The van der Waals surface area contributed by atoms with Crippen molar-refractivity contribution in [2.24, 2.45) is 5.10 Å². The first-order valence-corrected chi connectivity index (χ1v) is 9.89. The second-order valence-corrected chi connectivity index (χ2v) is 6.59. The predicted molar refractivity (Wildman–Crippen MR) is 120 cm³/mol. The summed E-state index contributed by atoms with van der Waals surface area (Å²) in [6.07, 6.45) is 1.64. The Morgan fingerprint density at radius 2 is 1.62 bits per heavy atom. The molecule has 1 aromatic heterocycles. The number of nitrogens with zero attached hydrogens (tertiary/aromatic N) is 5. The molecule has 150 valence electrons. The minimum Gasteiger partial charge on any atom is -0.350 e. The Balaban J connectivity index is 1.79. The predicted octanol–water partition coefficient (Wildman–Crippen LogP) is 4.43. The first-order chi connectivity index (χ1) is 14.2. The molecule has 0 aliphatic rings. The van der Waals surface area contributed by atoms with Crippen LogP contribution in [0.5, 0.6) is 0 Å². The molecule has 0 saturated carbocycles. The van der Waals surface area contributed by atoms with E-state index in [1.54, 1.807) is 6.21 Å². The minimum atomic E-state index is 0.362. The standard InChI is InChI=1S/C21H24ClN7/c1-3-29(4-2)21-26-19(23-14-16-10-6-5-7-11-16)25-20(27-21)28-24-15-17-12-8-9-13-18(17)22/h5-13,15H,3-4,14H2,1-2H3,(H2,23,25,26,27,28)/b24-15+. The van der Waals surface area contributed by atoms with Gasteiger partial charge in [0.1, 0.15) is 0 Å². The van der Waals surface area contributed by atoms with E-state index in [0.29, 0.717) is 29.4 Å². The topological polar surface area (TPSA) is 78.3 Å². The van der Waals surface area contributed by atoms with Gasteiger partial charge in [-0.3, -0.25) is 0 Å². The molecule has 0 fully saturated rings. The lowest BCUT2D eigenvalue weighted by Gasteiger charge is -2.19. The van der Waals surface area contributed by atoms with Crippen LogP contribution in [0.25, 0.3) is 0 Å². The van der Waals surface area contributed by atoms with E-state index < -0.39 is 0 Å². The Morgan fingerprint density at radius 3 is 2.34 bits per heavy atom. The maximum absolute atomic E-state index is 6.16. The first-order valence-electron chi connectivity index (χ1n) is 9.52. The molecule has 0 amide bonds. The number of halogens is 1. The molecule has 3 aromatic rings. The molecule has 0 aliphatic carbocycles. The zero-order valence-corrected chi connectivity index (χ0v) is 17.3. The molecular formula is C21H24ClN7. The molecule has 7 nitrogen and oxygen atoms in total. The number of benzene rings is 2. The van der Waals surface area contributed by atoms with E-state index in [0.717, 1.165) is 24.2 Å². The lowest BCUT2D eigenvalue weighted by atomic mass is 10.2. The third kappa shape index (κ3) is 5.89. The number of hydrogen-bond acceptors (Lipinski definition) is 7. The van der Waals surface area contributed by atoms with E-state index in [4.69, 9.17) is 11.6 Å². The average Bonchev–Trinajstić information content (AvgIpc) is 2.75. The third-order valence-corrected chi connectivity index (χ3v) is 4.58. The SMILES string of the molecule is CCN(CC)c1nc(NCc2ccccc2)nc(N/N=C/c2ccccc2Cl)n1. The van der Waals surface area contributed by atoms with Gasteiger partial charge < -0.3 is 10.2 Å². The van der Waals surface area contributed by atoms with Crippen LogP contribution in [0.2, 0.25) is 5.02 Å². The monoisotopic (exact) mass is 409 g/mol. The Kier molecular flexibility index (Phi) is 7.35. The molecule has 0 atom stereocenters. The fraction of sp³-hybridized carbons (Fsp3) is 0.238. The highest BCUT2D eigenvalue weighted by molar-refractivity contribution is 6.33. The highest BCUT2D eigenvalue weighted by atomic mass is 35.5. The fourth-order valence-corrected chi connectivity index (χ4v) is 2.84. The van der Waals surface area contributed by atoms with Crippen LogP contribution < -0.4 is 15.6 Å². The summed E-state index contributed by atoms with van der Waals surface area (Å²) >= 11 is 6.16. The van der Waals surface area contributed by atoms with E-state index in [1.807, 2.05) is 54.6 Å². The van der Waals surface area contributed by atoms with E-state index in [9.17, 15) is 0 Å². The van der Waals surface area contributed by atoms with Crippen LogP contribution in [0.3, 0.4) is 0 Å². The van der Waals surface area contributed by atoms with Gasteiger partial charge >= 0.3 is 0 Å². The second-order valence-electron chi connectivity index (χ2n) is 6.19. The lowest BCUT2D eigenvalue weighted by molar-refractivity contribution is 0.812. The summed E-state index contributed by atoms with van der Waals surface area (Å²) in [5.74, 6) is 1.44. The maximum atomic E-state index is 6.16. The van der Waals surface area contributed by atoms with Gasteiger partial charge in [0, 0.05) is 30.2 Å². The zero-order valence-electron chi connectivity index (χ0n) is 16.5. The summed E-state index contributed by atoms with van der Waals surface area (Å²) in [4.78, 5) is 15.5. The van der Waals surface area contributed by atoms with E-state index >= 15 is 0 Å². The highest BCUT2D eigenvalue weighted by Gasteiger charge is 2.11. The molecule has 0 unspecified atom stereocenters. The minimum absolute atomic E-state index is 0.362. The smallest absolute Gasteiger partial charge is 0.250 e. The Hall–Kier alpha value is -3.19. The molecule has 0 aliphatic heterocycles. The van der Waals surface area contributed by atoms with Crippen LogP contribution >= 0.6 is 11.6 Å². The number of hydrazone groups is 1. The molecule has 2 aromatic carbocycles. The van der Waals surface area contributed by atoms with Crippen molar-refractivity contribution in [1.29, 1.82) is 0 Å². The normalized spacial score (nSPS) is 10.9. The summed E-state index contributed by atoms with van der Waals surface area (Å²) in [5, 5.41) is 8.11. The fourth-order valence-electron chi connectivity index (χ4n) is 2.66. The Labute approximate surface area is 175 Å². The van der Waals surface area contributed by atoms with Gasteiger partial charge in [-0.2, -0.15) is 20.1 Å². The van der Waals surface area contributed by atoms with Gasteiger partial charge in [-0.25, -0.2) is 5.43 Å². The van der Waals surface area contributed by atoms with Crippen LogP contribution in [0, 0.1) is 0 Å². The van der Waals surface area contributed by atoms with Crippen LogP contribution in [-0.4, -0.2) is 34.3 Å². The van der Waals surface area contributed by atoms with Crippen molar-refractivity contribution in [3.63, 3.8) is 0 Å². The third-order valence-electron chi connectivity index (χ3n) is 4.24. The molecule has 0 spiro atoms.